The Morgan fingerprint density at radius 3 is 2.61 bits per heavy atom. The number of ether oxygens (including phenoxy) is 1. The minimum Gasteiger partial charge on any atom is -0.488 e. The standard InChI is InChI=1S/C27H26ClF3N4O3/c28-21-7-5-11-32-25(21)35-18(15-36)16-38-24-19(6-4-8-23(24)35)26(37)33-17-9-10-22(20(14-17)27(29,30)31)34-12-2-1-3-13-34/h4-11,14,18,36H,1-3,12-13,15-16H2,(H,33,37)/t18-/m0/s1. The number of pyridine rings is 1. The maximum atomic E-state index is 14.0. The lowest BCUT2D eigenvalue weighted by Gasteiger charge is -2.37. The first kappa shape index (κ1) is 26.1. The van der Waals surface area contributed by atoms with E-state index in [9.17, 15) is 23.1 Å². The molecule has 2 aliphatic heterocycles. The molecule has 11 heteroatoms. The number of aromatic nitrogens is 1. The summed E-state index contributed by atoms with van der Waals surface area (Å²) in [5.74, 6) is -0.0222. The summed E-state index contributed by atoms with van der Waals surface area (Å²) in [5, 5.41) is 12.9. The van der Waals surface area contributed by atoms with Gasteiger partial charge in [-0.3, -0.25) is 4.79 Å². The molecule has 3 aromatic rings. The van der Waals surface area contributed by atoms with Crippen LogP contribution in [0.3, 0.4) is 0 Å². The molecule has 5 rings (SSSR count). The molecular formula is C27H26ClF3N4O3. The molecule has 0 spiro atoms. The van der Waals surface area contributed by atoms with Gasteiger partial charge in [0, 0.05) is 30.7 Å². The Kier molecular flexibility index (Phi) is 7.36. The molecule has 3 heterocycles. The van der Waals surface area contributed by atoms with Crippen molar-refractivity contribution in [3.8, 4) is 5.75 Å². The Morgan fingerprint density at radius 1 is 1.11 bits per heavy atom. The number of rotatable bonds is 5. The monoisotopic (exact) mass is 546 g/mol. The number of para-hydroxylation sites is 1. The van der Waals surface area contributed by atoms with E-state index in [0.717, 1.165) is 25.3 Å². The molecule has 0 bridgehead atoms. The van der Waals surface area contributed by atoms with E-state index in [1.165, 1.54) is 18.2 Å². The Balaban J connectivity index is 1.47. The molecule has 0 saturated carbocycles. The average molecular weight is 547 g/mol. The number of carbonyl (C=O) groups excluding carboxylic acids is 1. The van der Waals surface area contributed by atoms with Crippen LogP contribution in [0.1, 0.15) is 35.2 Å². The first-order chi connectivity index (χ1) is 18.3. The molecule has 0 unspecified atom stereocenters. The lowest BCUT2D eigenvalue weighted by atomic mass is 10.0. The predicted octanol–water partition coefficient (Wildman–Crippen LogP) is 5.89. The first-order valence-corrected chi connectivity index (χ1v) is 12.7. The average Bonchev–Trinajstić information content (AvgIpc) is 2.92. The van der Waals surface area contributed by atoms with E-state index in [2.05, 4.69) is 10.3 Å². The normalized spacial score (nSPS) is 17.6. The van der Waals surface area contributed by atoms with Gasteiger partial charge < -0.3 is 25.0 Å². The van der Waals surface area contributed by atoms with Crippen molar-refractivity contribution in [1.82, 2.24) is 4.98 Å². The van der Waals surface area contributed by atoms with E-state index >= 15 is 0 Å². The molecule has 0 aliphatic carbocycles. The van der Waals surface area contributed by atoms with Gasteiger partial charge in [-0.15, -0.1) is 0 Å². The SMILES string of the molecule is O=C(Nc1ccc(N2CCCCC2)c(C(F)(F)F)c1)c1cccc2c1OC[C@H](CO)N2c1ncccc1Cl. The maximum Gasteiger partial charge on any atom is 0.418 e. The van der Waals surface area contributed by atoms with Crippen molar-refractivity contribution >= 4 is 40.4 Å². The fourth-order valence-corrected chi connectivity index (χ4v) is 5.13. The van der Waals surface area contributed by atoms with Gasteiger partial charge in [0.15, 0.2) is 11.6 Å². The quantitative estimate of drug-likeness (QED) is 0.416. The number of nitrogens with zero attached hydrogens (tertiary/aromatic N) is 3. The van der Waals surface area contributed by atoms with Crippen molar-refractivity contribution in [2.75, 3.05) is 41.4 Å². The number of carbonyl (C=O) groups is 1. The van der Waals surface area contributed by atoms with Crippen LogP contribution in [0.15, 0.2) is 54.7 Å². The Hall–Kier alpha value is -3.50. The second-order valence-electron chi connectivity index (χ2n) is 9.21. The summed E-state index contributed by atoms with van der Waals surface area (Å²) < 4.78 is 47.8. The van der Waals surface area contributed by atoms with Crippen LogP contribution in [-0.2, 0) is 6.18 Å². The van der Waals surface area contributed by atoms with Crippen LogP contribution < -0.4 is 19.9 Å². The maximum absolute atomic E-state index is 14.0. The van der Waals surface area contributed by atoms with Gasteiger partial charge >= 0.3 is 6.18 Å². The molecule has 1 fully saturated rings. The number of nitrogens with one attached hydrogen (secondary N) is 1. The van der Waals surface area contributed by atoms with E-state index in [0.29, 0.717) is 29.6 Å². The smallest absolute Gasteiger partial charge is 0.418 e. The lowest BCUT2D eigenvalue weighted by Crippen LogP contribution is -2.43. The fraction of sp³-hybridized carbons (Fsp3) is 0.333. The van der Waals surface area contributed by atoms with Gasteiger partial charge in [-0.1, -0.05) is 17.7 Å². The zero-order valence-electron chi connectivity index (χ0n) is 20.3. The van der Waals surface area contributed by atoms with Crippen LogP contribution in [-0.4, -0.2) is 48.3 Å². The number of fused-ring (bicyclic) bond motifs is 1. The van der Waals surface area contributed by atoms with Crippen LogP contribution in [0, 0.1) is 0 Å². The van der Waals surface area contributed by atoms with Crippen molar-refractivity contribution in [2.24, 2.45) is 0 Å². The topological polar surface area (TPSA) is 77.9 Å². The molecular weight excluding hydrogens is 521 g/mol. The molecule has 2 N–H and O–H groups in total. The van der Waals surface area contributed by atoms with E-state index in [-0.39, 0.29) is 35.9 Å². The molecule has 1 atom stereocenters. The number of piperidine rings is 1. The number of hydrogen-bond donors (Lipinski definition) is 2. The van der Waals surface area contributed by atoms with Gasteiger partial charge in [0.05, 0.1) is 34.5 Å². The number of hydrogen-bond acceptors (Lipinski definition) is 6. The van der Waals surface area contributed by atoms with Gasteiger partial charge in [0.25, 0.3) is 5.91 Å². The zero-order chi connectivity index (χ0) is 26.9. The number of benzene rings is 2. The van der Waals surface area contributed by atoms with Crippen molar-refractivity contribution < 1.29 is 27.8 Å². The third kappa shape index (κ3) is 5.10. The molecule has 2 aliphatic rings. The number of anilines is 4. The van der Waals surface area contributed by atoms with E-state index in [1.807, 2.05) is 0 Å². The highest BCUT2D eigenvalue weighted by atomic mass is 35.5. The van der Waals surface area contributed by atoms with Gasteiger partial charge in [-0.05, 0) is 61.7 Å². The third-order valence-corrected chi connectivity index (χ3v) is 7.01. The highest BCUT2D eigenvalue weighted by Gasteiger charge is 2.36. The van der Waals surface area contributed by atoms with Crippen molar-refractivity contribution in [3.05, 3.63) is 70.9 Å². The summed E-state index contributed by atoms with van der Waals surface area (Å²) >= 11 is 6.38. The number of amides is 1. The Labute approximate surface area is 222 Å². The van der Waals surface area contributed by atoms with Crippen LogP contribution in [0.5, 0.6) is 5.75 Å². The molecule has 2 aromatic carbocycles. The fourth-order valence-electron chi connectivity index (χ4n) is 4.92. The second-order valence-corrected chi connectivity index (χ2v) is 9.62. The van der Waals surface area contributed by atoms with Crippen LogP contribution >= 0.6 is 11.6 Å². The molecule has 1 aromatic heterocycles. The summed E-state index contributed by atoms with van der Waals surface area (Å²) in [4.78, 5) is 21.1. The Morgan fingerprint density at radius 2 is 1.89 bits per heavy atom. The van der Waals surface area contributed by atoms with Gasteiger partial charge in [-0.25, -0.2) is 4.98 Å². The molecule has 1 amide bonds. The highest BCUT2D eigenvalue weighted by molar-refractivity contribution is 6.33. The van der Waals surface area contributed by atoms with Crippen LogP contribution in [0.4, 0.5) is 36.1 Å². The first-order valence-electron chi connectivity index (χ1n) is 12.3. The van der Waals surface area contributed by atoms with Gasteiger partial charge in [0.1, 0.15) is 6.61 Å². The van der Waals surface area contributed by atoms with Crippen LogP contribution in [0.2, 0.25) is 5.02 Å². The van der Waals surface area contributed by atoms with Crippen molar-refractivity contribution in [1.29, 1.82) is 0 Å². The number of alkyl halides is 3. The van der Waals surface area contributed by atoms with Crippen molar-refractivity contribution in [3.63, 3.8) is 0 Å². The highest BCUT2D eigenvalue weighted by Crippen LogP contribution is 2.43. The Bertz CT molecular complexity index is 1330. The largest absolute Gasteiger partial charge is 0.488 e. The predicted molar refractivity (Wildman–Crippen MR) is 140 cm³/mol. The van der Waals surface area contributed by atoms with E-state index in [4.69, 9.17) is 16.3 Å². The summed E-state index contributed by atoms with van der Waals surface area (Å²) in [5.41, 5.74) is -0.0576. The summed E-state index contributed by atoms with van der Waals surface area (Å²) in [6.07, 6.45) is -0.338. The summed E-state index contributed by atoms with van der Waals surface area (Å²) in [6.45, 7) is 0.914. The minimum atomic E-state index is -4.58. The second kappa shape index (κ2) is 10.7. The summed E-state index contributed by atoms with van der Waals surface area (Å²) in [6, 6.07) is 11.6. The molecule has 38 heavy (non-hydrogen) atoms. The summed E-state index contributed by atoms with van der Waals surface area (Å²) in [7, 11) is 0. The minimum absolute atomic E-state index is 0.0226. The van der Waals surface area contributed by atoms with E-state index in [1.54, 1.807) is 40.3 Å². The molecule has 0 radical (unpaired) electrons. The van der Waals surface area contributed by atoms with E-state index < -0.39 is 23.7 Å². The zero-order valence-corrected chi connectivity index (χ0v) is 21.1. The van der Waals surface area contributed by atoms with Crippen molar-refractivity contribution in [2.45, 2.75) is 31.5 Å². The van der Waals surface area contributed by atoms with Gasteiger partial charge in [-0.2, -0.15) is 13.2 Å². The number of halogens is 4. The third-order valence-electron chi connectivity index (χ3n) is 6.72. The lowest BCUT2D eigenvalue weighted by molar-refractivity contribution is -0.137. The molecule has 7 nitrogen and oxygen atoms in total. The van der Waals surface area contributed by atoms with Gasteiger partial charge in [0.2, 0.25) is 0 Å². The van der Waals surface area contributed by atoms with Crippen LogP contribution in [0.25, 0.3) is 0 Å². The number of aliphatic hydroxyl groups is 1. The molecule has 1 saturated heterocycles. The number of aliphatic hydroxyl groups excluding tert-OH is 1. The molecule has 200 valence electrons.